The van der Waals surface area contributed by atoms with Gasteiger partial charge in [-0.05, 0) is 17.7 Å². The van der Waals surface area contributed by atoms with Crippen LogP contribution in [-0.4, -0.2) is 51.0 Å². The van der Waals surface area contributed by atoms with E-state index in [9.17, 15) is 24.2 Å². The molecule has 0 bridgehead atoms. The maximum atomic E-state index is 12.9. The molecule has 1 unspecified atom stereocenters. The van der Waals surface area contributed by atoms with Crippen molar-refractivity contribution in [2.24, 2.45) is 0 Å². The summed E-state index contributed by atoms with van der Waals surface area (Å²) < 4.78 is 14.0. The van der Waals surface area contributed by atoms with Crippen molar-refractivity contribution in [3.63, 3.8) is 0 Å². The lowest BCUT2D eigenvalue weighted by molar-refractivity contribution is -0.0112. The largest absolute Gasteiger partial charge is 0.501 e. The van der Waals surface area contributed by atoms with E-state index in [1.165, 1.54) is 34.3 Å². The zero-order valence-corrected chi connectivity index (χ0v) is 14.2. The van der Waals surface area contributed by atoms with Gasteiger partial charge in [0.25, 0.3) is 11.5 Å². The Balaban J connectivity index is 1.88. The maximum absolute atomic E-state index is 12.9. The third-order valence-corrected chi connectivity index (χ3v) is 4.25. The van der Waals surface area contributed by atoms with E-state index in [1.54, 1.807) is 14.1 Å². The molecule has 1 aliphatic rings. The minimum Gasteiger partial charge on any atom is -0.501 e. The molecule has 3 N–H and O–H groups in total. The smallest absolute Gasteiger partial charge is 0.298 e. The van der Waals surface area contributed by atoms with Crippen LogP contribution in [0, 0.1) is 5.82 Å². The van der Waals surface area contributed by atoms with Crippen molar-refractivity contribution in [1.82, 2.24) is 19.9 Å². The third kappa shape index (κ3) is 3.11. The Kier molecular flexibility index (Phi) is 4.62. The van der Waals surface area contributed by atoms with E-state index < -0.39 is 35.0 Å². The lowest BCUT2D eigenvalue weighted by atomic mass is 10.2. The Morgan fingerprint density at radius 3 is 2.65 bits per heavy atom. The van der Waals surface area contributed by atoms with Gasteiger partial charge in [-0.25, -0.2) is 9.37 Å². The van der Waals surface area contributed by atoms with E-state index in [0.717, 1.165) is 4.57 Å². The highest BCUT2D eigenvalue weighted by atomic mass is 19.1. The fourth-order valence-corrected chi connectivity index (χ4v) is 2.59. The van der Waals surface area contributed by atoms with Gasteiger partial charge in [-0.3, -0.25) is 19.2 Å². The SMILES string of the molecule is CN1c2nc(C(=O)NCc3ccc(F)cc3)c(O)c(=O)n2CC(O)N1C. The Morgan fingerprint density at radius 1 is 1.35 bits per heavy atom. The highest BCUT2D eigenvalue weighted by molar-refractivity contribution is 5.95. The van der Waals surface area contributed by atoms with Crippen molar-refractivity contribution in [3.05, 3.63) is 51.7 Å². The minimum atomic E-state index is -0.968. The molecular weight excluding hydrogens is 345 g/mol. The summed E-state index contributed by atoms with van der Waals surface area (Å²) in [7, 11) is 3.17. The Hall–Kier alpha value is -2.98. The van der Waals surface area contributed by atoms with E-state index in [1.807, 2.05) is 0 Å². The number of fused-ring (bicyclic) bond motifs is 1. The quantitative estimate of drug-likeness (QED) is 0.682. The van der Waals surface area contributed by atoms with Gasteiger partial charge in [-0.2, -0.15) is 5.01 Å². The average molecular weight is 363 g/mol. The molecular formula is C16H18FN5O4. The zero-order valence-electron chi connectivity index (χ0n) is 14.2. The van der Waals surface area contributed by atoms with Gasteiger partial charge in [0.2, 0.25) is 11.7 Å². The number of hydrogen-bond donors (Lipinski definition) is 3. The molecule has 1 aromatic heterocycles. The number of nitrogens with zero attached hydrogens (tertiary/aromatic N) is 4. The predicted octanol–water partition coefficient (Wildman–Crippen LogP) is -0.367. The van der Waals surface area contributed by atoms with E-state index in [-0.39, 0.29) is 19.0 Å². The number of halogens is 1. The molecule has 0 aliphatic carbocycles. The number of aromatic hydroxyl groups is 1. The highest BCUT2D eigenvalue weighted by Crippen LogP contribution is 2.21. The van der Waals surface area contributed by atoms with Gasteiger partial charge in [0.05, 0.1) is 6.54 Å². The molecule has 1 atom stereocenters. The number of aliphatic hydroxyl groups is 1. The topological polar surface area (TPSA) is 111 Å². The predicted molar refractivity (Wildman–Crippen MR) is 89.9 cm³/mol. The van der Waals surface area contributed by atoms with E-state index in [0.29, 0.717) is 5.56 Å². The molecule has 10 heteroatoms. The molecule has 3 rings (SSSR count). The number of likely N-dealkylation sites (N-methyl/N-ethyl adjacent to an activating group) is 1. The fraction of sp³-hybridized carbons (Fsp3) is 0.312. The number of anilines is 1. The summed E-state index contributed by atoms with van der Waals surface area (Å²) in [5, 5.41) is 25.4. The summed E-state index contributed by atoms with van der Waals surface area (Å²) in [4.78, 5) is 28.8. The number of carbonyl (C=O) groups is 1. The third-order valence-electron chi connectivity index (χ3n) is 4.25. The molecule has 9 nitrogen and oxygen atoms in total. The van der Waals surface area contributed by atoms with Crippen molar-refractivity contribution >= 4 is 11.9 Å². The van der Waals surface area contributed by atoms with Gasteiger partial charge < -0.3 is 15.5 Å². The van der Waals surface area contributed by atoms with Crippen LogP contribution in [0.4, 0.5) is 10.3 Å². The second-order valence-electron chi connectivity index (χ2n) is 5.91. The highest BCUT2D eigenvalue weighted by Gasteiger charge is 2.31. The summed E-state index contributed by atoms with van der Waals surface area (Å²) in [6, 6.07) is 5.54. The first-order chi connectivity index (χ1) is 12.3. The molecule has 2 aromatic rings. The number of amides is 1. The summed E-state index contributed by atoms with van der Waals surface area (Å²) in [5.74, 6) is -1.81. The van der Waals surface area contributed by atoms with Crippen LogP contribution >= 0.6 is 0 Å². The number of hydrogen-bond acceptors (Lipinski definition) is 7. The normalized spacial score (nSPS) is 17.1. The second kappa shape index (κ2) is 6.73. The number of rotatable bonds is 3. The van der Waals surface area contributed by atoms with Crippen LogP contribution in [0.15, 0.2) is 29.1 Å². The molecule has 2 heterocycles. The van der Waals surface area contributed by atoms with Crippen LogP contribution in [0.5, 0.6) is 5.75 Å². The van der Waals surface area contributed by atoms with Crippen molar-refractivity contribution in [2.45, 2.75) is 19.3 Å². The van der Waals surface area contributed by atoms with Crippen LogP contribution in [0.3, 0.4) is 0 Å². The lowest BCUT2D eigenvalue weighted by Crippen LogP contribution is -2.54. The van der Waals surface area contributed by atoms with Crippen molar-refractivity contribution in [1.29, 1.82) is 0 Å². The molecule has 138 valence electrons. The minimum absolute atomic E-state index is 0.0765. The van der Waals surface area contributed by atoms with Crippen LogP contribution in [0.1, 0.15) is 16.1 Å². The monoisotopic (exact) mass is 363 g/mol. The van der Waals surface area contributed by atoms with Gasteiger partial charge in [-0.15, -0.1) is 0 Å². The van der Waals surface area contributed by atoms with Gasteiger partial charge in [0, 0.05) is 20.6 Å². The van der Waals surface area contributed by atoms with Gasteiger partial charge in [-0.1, -0.05) is 12.1 Å². The van der Waals surface area contributed by atoms with Gasteiger partial charge >= 0.3 is 0 Å². The van der Waals surface area contributed by atoms with Crippen LogP contribution in [0.25, 0.3) is 0 Å². The van der Waals surface area contributed by atoms with Crippen LogP contribution < -0.4 is 15.9 Å². The molecule has 1 aliphatic heterocycles. The van der Waals surface area contributed by atoms with Crippen molar-refractivity contribution in [2.75, 3.05) is 19.1 Å². The summed E-state index contributed by atoms with van der Waals surface area (Å²) in [5.41, 5.74) is -0.588. The molecule has 0 spiro atoms. The maximum Gasteiger partial charge on any atom is 0.298 e. The number of aliphatic hydroxyl groups excluding tert-OH is 1. The Bertz CT molecular complexity index is 899. The molecule has 1 aromatic carbocycles. The van der Waals surface area contributed by atoms with Gasteiger partial charge in [0.1, 0.15) is 12.0 Å². The summed E-state index contributed by atoms with van der Waals surface area (Å²) in [6.07, 6.45) is -0.968. The summed E-state index contributed by atoms with van der Waals surface area (Å²) in [6.45, 7) is -0.0137. The van der Waals surface area contributed by atoms with Crippen LogP contribution in [0.2, 0.25) is 0 Å². The molecule has 26 heavy (non-hydrogen) atoms. The first kappa shape index (κ1) is 17.8. The van der Waals surface area contributed by atoms with Crippen molar-refractivity contribution in [3.8, 4) is 5.75 Å². The number of hydrazine groups is 1. The molecule has 0 radical (unpaired) electrons. The number of aromatic nitrogens is 2. The first-order valence-corrected chi connectivity index (χ1v) is 7.80. The molecule has 1 amide bonds. The average Bonchev–Trinajstić information content (AvgIpc) is 2.62. The fourth-order valence-electron chi connectivity index (χ4n) is 2.59. The number of benzene rings is 1. The van der Waals surface area contributed by atoms with Crippen molar-refractivity contribution < 1.29 is 19.4 Å². The molecule has 0 saturated carbocycles. The lowest BCUT2D eigenvalue weighted by Gasteiger charge is -2.39. The standard InChI is InChI=1S/C16H18FN5O4/c1-20-11(23)8-22-15(26)13(24)12(19-16(22)21(20)2)14(25)18-7-9-3-5-10(17)6-4-9/h3-6,11,23-24H,7-8H2,1-2H3,(H,18,25). The second-order valence-corrected chi connectivity index (χ2v) is 5.91. The number of nitrogens with one attached hydrogen (secondary N) is 1. The number of carbonyl (C=O) groups excluding carboxylic acids is 1. The van der Waals surface area contributed by atoms with E-state index in [4.69, 9.17) is 0 Å². The molecule has 0 saturated heterocycles. The Morgan fingerprint density at radius 2 is 2.00 bits per heavy atom. The molecule has 0 fully saturated rings. The Labute approximate surface area is 147 Å². The first-order valence-electron chi connectivity index (χ1n) is 7.80. The van der Waals surface area contributed by atoms with E-state index >= 15 is 0 Å². The van der Waals surface area contributed by atoms with Crippen LogP contribution in [-0.2, 0) is 13.1 Å². The zero-order chi connectivity index (χ0) is 19.0. The van der Waals surface area contributed by atoms with Gasteiger partial charge in [0.15, 0.2) is 5.69 Å². The van der Waals surface area contributed by atoms with E-state index in [2.05, 4.69) is 10.3 Å². The summed E-state index contributed by atoms with van der Waals surface area (Å²) >= 11 is 0.